The van der Waals surface area contributed by atoms with Crippen molar-refractivity contribution in [1.82, 2.24) is 5.32 Å². The van der Waals surface area contributed by atoms with Crippen LogP contribution >= 0.6 is 0 Å². The molecule has 0 fully saturated rings. The van der Waals surface area contributed by atoms with Crippen molar-refractivity contribution in [3.05, 3.63) is 0 Å². The van der Waals surface area contributed by atoms with E-state index in [4.69, 9.17) is 4.74 Å². The first kappa shape index (κ1) is 13.3. The largest absolute Gasteiger partial charge is 0.447 e. The van der Waals surface area contributed by atoms with Crippen molar-refractivity contribution in [3.8, 4) is 0 Å². The van der Waals surface area contributed by atoms with Crippen molar-refractivity contribution in [3.63, 3.8) is 0 Å². The SMILES string of the molecule is CCCCC(C)(C)NC(=O)OC(C)C. The van der Waals surface area contributed by atoms with Crippen LogP contribution in [-0.4, -0.2) is 17.7 Å². The lowest BCUT2D eigenvalue weighted by atomic mass is 9.98. The molecule has 84 valence electrons. The molecule has 0 spiro atoms. The predicted molar refractivity (Wildman–Crippen MR) is 58.4 cm³/mol. The number of alkyl carbamates (subject to hydrolysis) is 1. The molecule has 3 nitrogen and oxygen atoms in total. The van der Waals surface area contributed by atoms with Gasteiger partial charge >= 0.3 is 6.09 Å². The number of hydrogen-bond donors (Lipinski definition) is 1. The number of rotatable bonds is 5. The lowest BCUT2D eigenvalue weighted by Crippen LogP contribution is -2.44. The maximum absolute atomic E-state index is 11.3. The van der Waals surface area contributed by atoms with E-state index in [1.54, 1.807) is 0 Å². The van der Waals surface area contributed by atoms with E-state index in [9.17, 15) is 4.79 Å². The van der Waals surface area contributed by atoms with Crippen LogP contribution in [0.2, 0.25) is 0 Å². The number of nitrogens with one attached hydrogen (secondary N) is 1. The molecule has 1 N–H and O–H groups in total. The van der Waals surface area contributed by atoms with Gasteiger partial charge in [0.15, 0.2) is 0 Å². The monoisotopic (exact) mass is 201 g/mol. The van der Waals surface area contributed by atoms with E-state index in [2.05, 4.69) is 12.2 Å². The zero-order valence-corrected chi connectivity index (χ0v) is 10.0. The Morgan fingerprint density at radius 1 is 1.43 bits per heavy atom. The Balaban J connectivity index is 3.88. The van der Waals surface area contributed by atoms with Gasteiger partial charge in [0.25, 0.3) is 0 Å². The maximum atomic E-state index is 11.3. The van der Waals surface area contributed by atoms with Crippen molar-refractivity contribution >= 4 is 6.09 Å². The normalized spacial score (nSPS) is 11.6. The molecule has 0 saturated heterocycles. The molecule has 0 saturated carbocycles. The summed E-state index contributed by atoms with van der Waals surface area (Å²) in [6, 6.07) is 0. The molecule has 0 aromatic carbocycles. The lowest BCUT2D eigenvalue weighted by Gasteiger charge is -2.26. The summed E-state index contributed by atoms with van der Waals surface area (Å²) < 4.78 is 5.02. The highest BCUT2D eigenvalue weighted by atomic mass is 16.6. The molecular weight excluding hydrogens is 178 g/mol. The number of unbranched alkanes of at least 4 members (excludes halogenated alkanes) is 1. The van der Waals surface area contributed by atoms with Gasteiger partial charge in [0.05, 0.1) is 6.10 Å². The van der Waals surface area contributed by atoms with Gasteiger partial charge in [-0.05, 0) is 34.1 Å². The zero-order chi connectivity index (χ0) is 11.2. The third kappa shape index (κ3) is 6.75. The third-order valence-corrected chi connectivity index (χ3v) is 1.94. The molecule has 0 rings (SSSR count). The quantitative estimate of drug-likeness (QED) is 0.742. The minimum absolute atomic E-state index is 0.0584. The van der Waals surface area contributed by atoms with E-state index in [1.807, 2.05) is 27.7 Å². The fourth-order valence-electron chi connectivity index (χ4n) is 1.20. The Bertz CT molecular complexity index is 176. The highest BCUT2D eigenvalue weighted by Crippen LogP contribution is 2.12. The number of ether oxygens (including phenoxy) is 1. The Morgan fingerprint density at radius 2 is 2.00 bits per heavy atom. The summed E-state index contributed by atoms with van der Waals surface area (Å²) >= 11 is 0. The third-order valence-electron chi connectivity index (χ3n) is 1.94. The summed E-state index contributed by atoms with van der Waals surface area (Å²) in [6.07, 6.45) is 2.87. The first-order chi connectivity index (χ1) is 6.37. The van der Waals surface area contributed by atoms with Crippen molar-refractivity contribution in [2.45, 2.75) is 65.5 Å². The number of hydrogen-bond acceptors (Lipinski definition) is 2. The first-order valence-corrected chi connectivity index (χ1v) is 5.36. The van der Waals surface area contributed by atoms with Crippen LogP contribution in [0.15, 0.2) is 0 Å². The van der Waals surface area contributed by atoms with E-state index < -0.39 is 0 Å². The van der Waals surface area contributed by atoms with Crippen molar-refractivity contribution in [2.24, 2.45) is 0 Å². The summed E-state index contributed by atoms with van der Waals surface area (Å²) in [4.78, 5) is 11.3. The standard InChI is InChI=1S/C11H23NO2/c1-6-7-8-11(4,5)12-10(13)14-9(2)3/h9H,6-8H2,1-5H3,(H,12,13). The predicted octanol–water partition coefficient (Wildman–Crippen LogP) is 3.09. The van der Waals surface area contributed by atoms with Crippen LogP contribution in [0, 0.1) is 0 Å². The number of carbonyl (C=O) groups excluding carboxylic acids is 1. The van der Waals surface area contributed by atoms with Crippen LogP contribution < -0.4 is 5.32 Å². The van der Waals surface area contributed by atoms with Gasteiger partial charge in [-0.3, -0.25) is 0 Å². The maximum Gasteiger partial charge on any atom is 0.407 e. The second kappa shape index (κ2) is 5.89. The van der Waals surface area contributed by atoms with E-state index in [0.29, 0.717) is 0 Å². The topological polar surface area (TPSA) is 38.3 Å². The van der Waals surface area contributed by atoms with Gasteiger partial charge in [-0.2, -0.15) is 0 Å². The number of amides is 1. The smallest absolute Gasteiger partial charge is 0.407 e. The van der Waals surface area contributed by atoms with Gasteiger partial charge in [-0.1, -0.05) is 19.8 Å². The molecule has 0 aliphatic rings. The van der Waals surface area contributed by atoms with Crippen molar-refractivity contribution in [2.75, 3.05) is 0 Å². The van der Waals surface area contributed by atoms with Gasteiger partial charge in [-0.25, -0.2) is 4.79 Å². The molecule has 0 atom stereocenters. The van der Waals surface area contributed by atoms with Crippen LogP contribution in [-0.2, 0) is 4.74 Å². The van der Waals surface area contributed by atoms with Gasteiger partial charge < -0.3 is 10.1 Å². The van der Waals surface area contributed by atoms with E-state index in [-0.39, 0.29) is 17.7 Å². The molecule has 1 amide bonds. The van der Waals surface area contributed by atoms with E-state index >= 15 is 0 Å². The molecular formula is C11H23NO2. The molecule has 3 heteroatoms. The second-order valence-corrected chi connectivity index (χ2v) is 4.57. The highest BCUT2D eigenvalue weighted by molar-refractivity contribution is 5.68. The van der Waals surface area contributed by atoms with Gasteiger partial charge in [-0.15, -0.1) is 0 Å². The molecule has 0 aromatic heterocycles. The highest BCUT2D eigenvalue weighted by Gasteiger charge is 2.20. The molecule has 0 radical (unpaired) electrons. The average Bonchev–Trinajstić information content (AvgIpc) is 1.98. The molecule has 0 aromatic rings. The first-order valence-electron chi connectivity index (χ1n) is 5.36. The Labute approximate surface area is 87.2 Å². The van der Waals surface area contributed by atoms with Crippen LogP contribution in [0.4, 0.5) is 4.79 Å². The molecule has 14 heavy (non-hydrogen) atoms. The van der Waals surface area contributed by atoms with Gasteiger partial charge in [0, 0.05) is 5.54 Å². The van der Waals surface area contributed by atoms with Gasteiger partial charge in [0.1, 0.15) is 0 Å². The van der Waals surface area contributed by atoms with Gasteiger partial charge in [0.2, 0.25) is 0 Å². The van der Waals surface area contributed by atoms with Crippen LogP contribution in [0.3, 0.4) is 0 Å². The van der Waals surface area contributed by atoms with Crippen LogP contribution in [0.25, 0.3) is 0 Å². The Kier molecular flexibility index (Phi) is 5.58. The second-order valence-electron chi connectivity index (χ2n) is 4.57. The molecule has 0 bridgehead atoms. The molecule has 0 heterocycles. The fourth-order valence-corrected chi connectivity index (χ4v) is 1.20. The summed E-state index contributed by atoms with van der Waals surface area (Å²) in [7, 11) is 0. The Hall–Kier alpha value is -0.730. The fraction of sp³-hybridized carbons (Fsp3) is 0.909. The summed E-state index contributed by atoms with van der Waals surface area (Å²) in [5.74, 6) is 0. The van der Waals surface area contributed by atoms with Crippen molar-refractivity contribution in [1.29, 1.82) is 0 Å². The molecule has 0 aliphatic heterocycles. The molecule has 0 aliphatic carbocycles. The summed E-state index contributed by atoms with van der Waals surface area (Å²) in [5.41, 5.74) is -0.165. The van der Waals surface area contributed by atoms with E-state index in [1.165, 1.54) is 0 Å². The summed E-state index contributed by atoms with van der Waals surface area (Å²) in [6.45, 7) is 9.87. The minimum Gasteiger partial charge on any atom is -0.447 e. The number of carbonyl (C=O) groups is 1. The van der Waals surface area contributed by atoms with Crippen LogP contribution in [0.5, 0.6) is 0 Å². The average molecular weight is 201 g/mol. The Morgan fingerprint density at radius 3 is 2.43 bits per heavy atom. The lowest BCUT2D eigenvalue weighted by molar-refractivity contribution is 0.106. The van der Waals surface area contributed by atoms with Crippen molar-refractivity contribution < 1.29 is 9.53 Å². The van der Waals surface area contributed by atoms with E-state index in [0.717, 1.165) is 19.3 Å². The summed E-state index contributed by atoms with van der Waals surface area (Å²) in [5, 5.41) is 2.86. The minimum atomic E-state index is -0.318. The van der Waals surface area contributed by atoms with Crippen LogP contribution in [0.1, 0.15) is 53.9 Å². The zero-order valence-electron chi connectivity index (χ0n) is 10.0. The molecule has 0 unspecified atom stereocenters.